The van der Waals surface area contributed by atoms with Crippen molar-refractivity contribution in [3.63, 3.8) is 0 Å². The molecule has 10 heteroatoms. The van der Waals surface area contributed by atoms with Gasteiger partial charge in [0.25, 0.3) is 0 Å². The van der Waals surface area contributed by atoms with Crippen LogP contribution in [0.1, 0.15) is 56.2 Å². The van der Waals surface area contributed by atoms with Gasteiger partial charge in [0.1, 0.15) is 12.4 Å². The largest absolute Gasteiger partial charge is 0.491 e. The SMILES string of the molecule is O=C(CCn1ccc(C(F)(F)F)n1)N1CCC2(CCCCCc3ccccc3OCCNC2=O)CC1. The van der Waals surface area contributed by atoms with E-state index in [9.17, 15) is 22.8 Å². The lowest BCUT2D eigenvalue weighted by atomic mass is 9.73. The maximum atomic E-state index is 13.2. The van der Waals surface area contributed by atoms with E-state index in [-0.39, 0.29) is 24.8 Å². The molecule has 0 aliphatic carbocycles. The van der Waals surface area contributed by atoms with Gasteiger partial charge in [-0.25, -0.2) is 0 Å². The highest BCUT2D eigenvalue weighted by Gasteiger charge is 2.41. The van der Waals surface area contributed by atoms with Crippen LogP contribution in [0, 0.1) is 5.41 Å². The Labute approximate surface area is 209 Å². The number of rotatable bonds is 3. The maximum Gasteiger partial charge on any atom is 0.435 e. The molecule has 0 saturated carbocycles. The zero-order valence-electron chi connectivity index (χ0n) is 20.4. The zero-order valence-corrected chi connectivity index (χ0v) is 20.4. The van der Waals surface area contributed by atoms with E-state index in [1.807, 2.05) is 18.2 Å². The van der Waals surface area contributed by atoms with Gasteiger partial charge < -0.3 is 15.0 Å². The van der Waals surface area contributed by atoms with Gasteiger partial charge >= 0.3 is 6.18 Å². The Kier molecular flexibility index (Phi) is 8.21. The smallest absolute Gasteiger partial charge is 0.435 e. The van der Waals surface area contributed by atoms with Crippen LogP contribution in [0.15, 0.2) is 36.5 Å². The first-order chi connectivity index (χ1) is 17.3. The third-order valence-corrected chi connectivity index (χ3v) is 7.26. The molecule has 4 rings (SSSR count). The molecule has 1 aromatic heterocycles. The molecule has 0 bridgehead atoms. The topological polar surface area (TPSA) is 76.5 Å². The zero-order chi connectivity index (χ0) is 25.6. The number of hydrogen-bond donors (Lipinski definition) is 1. The molecule has 1 fully saturated rings. The number of benzene rings is 1. The molecule has 2 aromatic rings. The van der Waals surface area contributed by atoms with E-state index < -0.39 is 17.3 Å². The number of para-hydroxylation sites is 1. The highest BCUT2D eigenvalue weighted by Crippen LogP contribution is 2.38. The van der Waals surface area contributed by atoms with Crippen LogP contribution in [0.2, 0.25) is 0 Å². The number of halogens is 3. The van der Waals surface area contributed by atoms with Crippen molar-refractivity contribution in [3.05, 3.63) is 47.8 Å². The number of fused-ring (bicyclic) bond motifs is 1. The summed E-state index contributed by atoms with van der Waals surface area (Å²) < 4.78 is 45.3. The normalized spacial score (nSPS) is 19.3. The van der Waals surface area contributed by atoms with Crippen LogP contribution in [-0.2, 0) is 28.7 Å². The van der Waals surface area contributed by atoms with Gasteiger partial charge in [-0.15, -0.1) is 0 Å². The summed E-state index contributed by atoms with van der Waals surface area (Å²) in [4.78, 5) is 27.7. The lowest BCUT2D eigenvalue weighted by Crippen LogP contribution is -2.50. The quantitative estimate of drug-likeness (QED) is 0.677. The second-order valence-corrected chi connectivity index (χ2v) is 9.65. The number of nitrogens with one attached hydrogen (secondary N) is 1. The summed E-state index contributed by atoms with van der Waals surface area (Å²) in [5.74, 6) is 0.754. The molecule has 2 amide bonds. The van der Waals surface area contributed by atoms with Crippen molar-refractivity contribution in [3.8, 4) is 5.75 Å². The minimum Gasteiger partial charge on any atom is -0.491 e. The van der Waals surface area contributed by atoms with Gasteiger partial charge in [0.2, 0.25) is 11.8 Å². The number of likely N-dealkylation sites (tertiary alicyclic amines) is 1. The summed E-state index contributed by atoms with van der Waals surface area (Å²) in [7, 11) is 0. The molecule has 3 heterocycles. The van der Waals surface area contributed by atoms with Crippen molar-refractivity contribution >= 4 is 11.8 Å². The molecular formula is C26H33F3N4O3. The fourth-order valence-corrected chi connectivity index (χ4v) is 5.10. The second-order valence-electron chi connectivity index (χ2n) is 9.65. The molecule has 1 aromatic carbocycles. The predicted octanol–water partition coefficient (Wildman–Crippen LogP) is 4.21. The van der Waals surface area contributed by atoms with Crippen molar-refractivity contribution in [2.75, 3.05) is 26.2 Å². The number of nitrogens with zero attached hydrogens (tertiary/aromatic N) is 3. The third kappa shape index (κ3) is 6.39. The average Bonchev–Trinajstić information content (AvgIpc) is 3.35. The van der Waals surface area contributed by atoms with E-state index in [1.54, 1.807) is 4.90 Å². The van der Waals surface area contributed by atoms with Crippen molar-refractivity contribution in [1.82, 2.24) is 20.0 Å². The van der Waals surface area contributed by atoms with Crippen LogP contribution in [0.3, 0.4) is 0 Å². The van der Waals surface area contributed by atoms with Crippen LogP contribution >= 0.6 is 0 Å². The summed E-state index contributed by atoms with van der Waals surface area (Å²) >= 11 is 0. The van der Waals surface area contributed by atoms with E-state index in [4.69, 9.17) is 4.74 Å². The molecule has 196 valence electrons. The highest BCUT2D eigenvalue weighted by atomic mass is 19.4. The van der Waals surface area contributed by atoms with E-state index in [0.717, 1.165) is 48.6 Å². The summed E-state index contributed by atoms with van der Waals surface area (Å²) in [5.41, 5.74) is -0.288. The number of carbonyl (C=O) groups is 2. The molecule has 1 saturated heterocycles. The molecule has 0 atom stereocenters. The number of alkyl halides is 3. The summed E-state index contributed by atoms with van der Waals surface area (Å²) in [6.45, 7) is 1.82. The molecular weight excluding hydrogens is 473 g/mol. The lowest BCUT2D eigenvalue weighted by molar-refractivity contribution is -0.142. The fraction of sp³-hybridized carbons (Fsp3) is 0.577. The molecule has 1 spiro atoms. The summed E-state index contributed by atoms with van der Waals surface area (Å²) in [6, 6.07) is 8.93. The first kappa shape index (κ1) is 26.0. The molecule has 7 nitrogen and oxygen atoms in total. The summed E-state index contributed by atoms with van der Waals surface area (Å²) in [6.07, 6.45) is 2.63. The first-order valence-corrected chi connectivity index (χ1v) is 12.6. The van der Waals surface area contributed by atoms with Crippen LogP contribution < -0.4 is 10.1 Å². The summed E-state index contributed by atoms with van der Waals surface area (Å²) in [5, 5.41) is 6.55. The Balaban J connectivity index is 1.30. The van der Waals surface area contributed by atoms with Crippen LogP contribution in [0.5, 0.6) is 5.75 Å². The van der Waals surface area contributed by atoms with Gasteiger partial charge in [0, 0.05) is 32.3 Å². The van der Waals surface area contributed by atoms with Gasteiger partial charge in [0.05, 0.1) is 12.0 Å². The van der Waals surface area contributed by atoms with E-state index in [1.165, 1.54) is 11.8 Å². The third-order valence-electron chi connectivity index (χ3n) is 7.26. The standard InChI is InChI=1S/C26H33F3N4O3/c27-26(28,29)22-9-15-33(31-22)16-10-23(34)32-17-12-25(13-18-32)11-5-1-2-6-20-7-3-4-8-21(20)36-19-14-30-24(25)35/h3-4,7-9,15H,1-2,5-6,10-14,16-19H2,(H,30,35). The van der Waals surface area contributed by atoms with Gasteiger partial charge in [-0.1, -0.05) is 31.0 Å². The Bertz CT molecular complexity index is 1050. The Morgan fingerprint density at radius 1 is 1.08 bits per heavy atom. The molecule has 2 aliphatic rings. The van der Waals surface area contributed by atoms with E-state index in [0.29, 0.717) is 39.1 Å². The molecule has 0 radical (unpaired) electrons. The number of amides is 2. The predicted molar refractivity (Wildman–Crippen MR) is 127 cm³/mol. The Morgan fingerprint density at radius 2 is 1.86 bits per heavy atom. The highest BCUT2D eigenvalue weighted by molar-refractivity contribution is 5.83. The molecule has 1 N–H and O–H groups in total. The average molecular weight is 507 g/mol. The van der Waals surface area contributed by atoms with Gasteiger partial charge in [-0.2, -0.15) is 18.3 Å². The van der Waals surface area contributed by atoms with Crippen molar-refractivity contribution < 1.29 is 27.5 Å². The number of hydrogen-bond acceptors (Lipinski definition) is 4. The minimum atomic E-state index is -4.50. The maximum absolute atomic E-state index is 13.2. The second kappa shape index (κ2) is 11.3. The molecule has 2 aliphatic heterocycles. The molecule has 0 unspecified atom stereocenters. The van der Waals surface area contributed by atoms with Gasteiger partial charge in [-0.05, 0) is 49.8 Å². The Hall–Kier alpha value is -3.04. The number of ether oxygens (including phenoxy) is 1. The van der Waals surface area contributed by atoms with Gasteiger partial charge in [0.15, 0.2) is 5.69 Å². The van der Waals surface area contributed by atoms with Crippen molar-refractivity contribution in [2.45, 2.75) is 64.1 Å². The number of carbonyl (C=O) groups excluding carboxylic acids is 2. The Morgan fingerprint density at radius 3 is 2.61 bits per heavy atom. The van der Waals surface area contributed by atoms with E-state index in [2.05, 4.69) is 16.5 Å². The van der Waals surface area contributed by atoms with Crippen molar-refractivity contribution in [1.29, 1.82) is 0 Å². The van der Waals surface area contributed by atoms with Crippen molar-refractivity contribution in [2.24, 2.45) is 5.41 Å². The number of aromatic nitrogens is 2. The van der Waals surface area contributed by atoms with Gasteiger partial charge in [-0.3, -0.25) is 14.3 Å². The lowest BCUT2D eigenvalue weighted by Gasteiger charge is -2.41. The minimum absolute atomic E-state index is 0.0157. The molecule has 36 heavy (non-hydrogen) atoms. The fourth-order valence-electron chi connectivity index (χ4n) is 5.10. The number of aryl methyl sites for hydroxylation is 2. The first-order valence-electron chi connectivity index (χ1n) is 12.6. The van der Waals surface area contributed by atoms with Crippen LogP contribution in [0.25, 0.3) is 0 Å². The van der Waals surface area contributed by atoms with Crippen LogP contribution in [-0.4, -0.2) is 52.7 Å². The number of piperidine rings is 1. The monoisotopic (exact) mass is 506 g/mol. The van der Waals surface area contributed by atoms with E-state index >= 15 is 0 Å². The van der Waals surface area contributed by atoms with Crippen LogP contribution in [0.4, 0.5) is 13.2 Å².